The fraction of sp³-hybridized carbons (Fsp3) is 0. The highest BCUT2D eigenvalue weighted by Crippen LogP contribution is 2.09. The number of aromatic nitrogens is 1. The van der Waals surface area contributed by atoms with Crippen molar-refractivity contribution in [2.24, 2.45) is 0 Å². The van der Waals surface area contributed by atoms with Crippen LogP contribution in [0.1, 0.15) is 10.4 Å². The van der Waals surface area contributed by atoms with E-state index in [4.69, 9.17) is 11.6 Å². The zero-order valence-corrected chi connectivity index (χ0v) is 7.19. The maximum atomic E-state index is 10.5. The lowest BCUT2D eigenvalue weighted by atomic mass is 10.3. The van der Waals surface area contributed by atoms with E-state index in [1.165, 1.54) is 6.20 Å². The van der Waals surface area contributed by atoms with Gasteiger partial charge in [-0.05, 0) is 39.7 Å². The molecule has 52 valence electrons. The Bertz CT molecular complexity index is 264. The average molecular weight is 220 g/mol. The molecule has 0 saturated carbocycles. The zero-order chi connectivity index (χ0) is 7.56. The highest BCUT2D eigenvalue weighted by atomic mass is 79.9. The first-order chi connectivity index (χ1) is 4.70. The molecule has 2 nitrogen and oxygen atoms in total. The average Bonchev–Trinajstić information content (AvgIpc) is 1.88. The van der Waals surface area contributed by atoms with Crippen molar-refractivity contribution in [2.45, 2.75) is 0 Å². The first-order valence-electron chi connectivity index (χ1n) is 2.51. The summed E-state index contributed by atoms with van der Waals surface area (Å²) in [5.74, 6) is 0. The molecule has 4 heteroatoms. The van der Waals surface area contributed by atoms with E-state index >= 15 is 0 Å². The van der Waals surface area contributed by atoms with Crippen LogP contribution < -0.4 is 0 Å². The fourth-order valence-electron chi connectivity index (χ4n) is 0.525. The minimum Gasteiger partial charge on any atom is -0.276 e. The normalized spacial score (nSPS) is 9.40. The van der Waals surface area contributed by atoms with E-state index in [-0.39, 0.29) is 0 Å². The van der Waals surface area contributed by atoms with Crippen molar-refractivity contribution in [1.82, 2.24) is 4.98 Å². The number of halogens is 2. The predicted molar refractivity (Wildman–Crippen MR) is 42.1 cm³/mol. The van der Waals surface area contributed by atoms with Crippen LogP contribution in [0.15, 0.2) is 22.9 Å². The molecule has 0 fully saturated rings. The second-order valence-corrected chi connectivity index (χ2v) is 2.80. The van der Waals surface area contributed by atoms with Crippen LogP contribution in [0.5, 0.6) is 0 Å². The minimum absolute atomic E-state index is 0.448. The van der Waals surface area contributed by atoms with Gasteiger partial charge < -0.3 is 0 Å². The van der Waals surface area contributed by atoms with E-state index in [2.05, 4.69) is 20.9 Å². The summed E-state index contributed by atoms with van der Waals surface area (Å²) in [6.07, 6.45) is 1.51. The third kappa shape index (κ3) is 1.78. The number of hydrogen-bond donors (Lipinski definition) is 0. The van der Waals surface area contributed by atoms with Gasteiger partial charge in [0.05, 0.1) is 0 Å². The van der Waals surface area contributed by atoms with E-state index < -0.39 is 5.24 Å². The van der Waals surface area contributed by atoms with Gasteiger partial charge in [-0.15, -0.1) is 0 Å². The number of rotatable bonds is 1. The van der Waals surface area contributed by atoms with Crippen LogP contribution in [0.4, 0.5) is 0 Å². The van der Waals surface area contributed by atoms with Crippen molar-refractivity contribution in [3.05, 3.63) is 28.5 Å². The Balaban J connectivity index is 3.07. The Hall–Kier alpha value is -0.410. The van der Waals surface area contributed by atoms with Gasteiger partial charge in [0.2, 0.25) is 0 Å². The summed E-state index contributed by atoms with van der Waals surface area (Å²) in [4.78, 5) is 14.3. The summed E-state index contributed by atoms with van der Waals surface area (Å²) in [6, 6.07) is 3.12. The van der Waals surface area contributed by atoms with Crippen molar-refractivity contribution >= 4 is 32.8 Å². The van der Waals surface area contributed by atoms with Gasteiger partial charge in [-0.25, -0.2) is 4.98 Å². The molecular weight excluding hydrogens is 217 g/mol. The SMILES string of the molecule is O=C(Cl)c1ccnc(Br)c1. The molecule has 0 atom stereocenters. The maximum Gasteiger partial charge on any atom is 0.252 e. The maximum absolute atomic E-state index is 10.5. The summed E-state index contributed by atoms with van der Waals surface area (Å²) in [6.45, 7) is 0. The van der Waals surface area contributed by atoms with Crippen LogP contribution in [0.25, 0.3) is 0 Å². The fourth-order valence-corrected chi connectivity index (χ4v) is 1.01. The van der Waals surface area contributed by atoms with Gasteiger partial charge in [0.15, 0.2) is 0 Å². The summed E-state index contributed by atoms with van der Waals surface area (Å²) < 4.78 is 0.610. The Labute approximate surface area is 71.3 Å². The van der Waals surface area contributed by atoms with Crippen LogP contribution in [-0.2, 0) is 0 Å². The number of nitrogens with zero attached hydrogens (tertiary/aromatic N) is 1. The van der Waals surface area contributed by atoms with Gasteiger partial charge in [-0.2, -0.15) is 0 Å². The Morgan fingerprint density at radius 1 is 1.70 bits per heavy atom. The minimum atomic E-state index is -0.469. The van der Waals surface area contributed by atoms with Crippen molar-refractivity contribution < 1.29 is 4.79 Å². The summed E-state index contributed by atoms with van der Waals surface area (Å²) in [5.41, 5.74) is 0.448. The van der Waals surface area contributed by atoms with Crippen molar-refractivity contribution in [3.63, 3.8) is 0 Å². The highest BCUT2D eigenvalue weighted by Gasteiger charge is 2.00. The molecule has 0 unspecified atom stereocenters. The molecule has 0 amide bonds. The van der Waals surface area contributed by atoms with E-state index in [9.17, 15) is 4.79 Å². The number of carbonyl (C=O) groups excluding carboxylic acids is 1. The van der Waals surface area contributed by atoms with Crippen molar-refractivity contribution in [2.75, 3.05) is 0 Å². The molecule has 0 radical (unpaired) electrons. The molecule has 0 saturated heterocycles. The molecule has 0 aliphatic carbocycles. The number of pyridine rings is 1. The van der Waals surface area contributed by atoms with Crippen LogP contribution in [0.3, 0.4) is 0 Å². The van der Waals surface area contributed by atoms with Gasteiger partial charge in [-0.1, -0.05) is 0 Å². The standard InChI is InChI=1S/C6H3BrClNO/c7-5-3-4(6(8)10)1-2-9-5/h1-3H. The molecule has 0 aromatic carbocycles. The third-order valence-corrected chi connectivity index (χ3v) is 1.61. The van der Waals surface area contributed by atoms with Crippen LogP contribution >= 0.6 is 27.5 Å². The van der Waals surface area contributed by atoms with Crippen molar-refractivity contribution in [1.29, 1.82) is 0 Å². The summed E-state index contributed by atoms with van der Waals surface area (Å²) in [5, 5.41) is -0.469. The molecule has 1 heterocycles. The van der Waals surface area contributed by atoms with Gasteiger partial charge in [0, 0.05) is 11.8 Å². The highest BCUT2D eigenvalue weighted by molar-refractivity contribution is 9.10. The molecule has 0 aliphatic heterocycles. The lowest BCUT2D eigenvalue weighted by Gasteiger charge is -1.91. The third-order valence-electron chi connectivity index (χ3n) is 0.954. The van der Waals surface area contributed by atoms with E-state index in [1.807, 2.05) is 0 Å². The summed E-state index contributed by atoms with van der Waals surface area (Å²) >= 11 is 8.30. The molecular formula is C6H3BrClNO. The van der Waals surface area contributed by atoms with Gasteiger partial charge >= 0.3 is 0 Å². The first kappa shape index (κ1) is 7.69. The lowest BCUT2D eigenvalue weighted by Crippen LogP contribution is -1.88. The van der Waals surface area contributed by atoms with E-state index in [0.29, 0.717) is 10.2 Å². The molecule has 1 rings (SSSR count). The second-order valence-electron chi connectivity index (χ2n) is 1.64. The molecule has 1 aromatic rings. The Kier molecular flexibility index (Phi) is 2.40. The second kappa shape index (κ2) is 3.12. The Morgan fingerprint density at radius 3 is 2.80 bits per heavy atom. The molecule has 0 N–H and O–H groups in total. The summed E-state index contributed by atoms with van der Waals surface area (Å²) in [7, 11) is 0. The van der Waals surface area contributed by atoms with Crippen LogP contribution in [0.2, 0.25) is 0 Å². The number of hydrogen-bond acceptors (Lipinski definition) is 2. The molecule has 0 bridgehead atoms. The van der Waals surface area contributed by atoms with Gasteiger partial charge in [0.25, 0.3) is 5.24 Å². The quantitative estimate of drug-likeness (QED) is 0.536. The topological polar surface area (TPSA) is 30.0 Å². The number of carbonyl (C=O) groups is 1. The van der Waals surface area contributed by atoms with Gasteiger partial charge in [-0.3, -0.25) is 4.79 Å². The predicted octanol–water partition coefficient (Wildman–Crippen LogP) is 2.22. The van der Waals surface area contributed by atoms with Gasteiger partial charge in [0.1, 0.15) is 4.60 Å². The monoisotopic (exact) mass is 219 g/mol. The van der Waals surface area contributed by atoms with Crippen LogP contribution in [0, 0.1) is 0 Å². The molecule has 1 aromatic heterocycles. The van der Waals surface area contributed by atoms with Crippen molar-refractivity contribution in [3.8, 4) is 0 Å². The zero-order valence-electron chi connectivity index (χ0n) is 4.84. The van der Waals surface area contributed by atoms with E-state index in [0.717, 1.165) is 0 Å². The molecule has 0 aliphatic rings. The first-order valence-corrected chi connectivity index (χ1v) is 3.68. The lowest BCUT2D eigenvalue weighted by molar-refractivity contribution is 0.108. The van der Waals surface area contributed by atoms with Crippen LogP contribution in [-0.4, -0.2) is 10.2 Å². The molecule has 0 spiro atoms. The smallest absolute Gasteiger partial charge is 0.252 e. The molecule has 10 heavy (non-hydrogen) atoms. The largest absolute Gasteiger partial charge is 0.276 e. The Morgan fingerprint density at radius 2 is 2.40 bits per heavy atom. The van der Waals surface area contributed by atoms with E-state index in [1.54, 1.807) is 12.1 Å².